The van der Waals surface area contributed by atoms with Gasteiger partial charge in [-0.05, 0) is 86.6 Å². The van der Waals surface area contributed by atoms with Crippen LogP contribution in [-0.2, 0) is 32.8 Å². The lowest BCUT2D eigenvalue weighted by atomic mass is 9.90. The fourth-order valence-corrected chi connectivity index (χ4v) is 5.75. The molecular formula is C36H39F2N3O8. The van der Waals surface area contributed by atoms with Gasteiger partial charge in [0.05, 0.1) is 12.5 Å². The molecule has 0 saturated carbocycles. The van der Waals surface area contributed by atoms with Gasteiger partial charge >= 0.3 is 11.8 Å². The highest BCUT2D eigenvalue weighted by molar-refractivity contribution is 6.06. The molecule has 2 atom stereocenters. The summed E-state index contributed by atoms with van der Waals surface area (Å²) in [6, 6.07) is 7.62. The molecular weight excluding hydrogens is 640 g/mol. The molecule has 0 aliphatic carbocycles. The lowest BCUT2D eigenvalue weighted by molar-refractivity contribution is -0.146. The first-order valence-electron chi connectivity index (χ1n) is 15.6. The van der Waals surface area contributed by atoms with E-state index in [1.165, 1.54) is 36.9 Å². The zero-order valence-electron chi connectivity index (χ0n) is 28.4. The third-order valence-corrected chi connectivity index (χ3v) is 8.01. The van der Waals surface area contributed by atoms with Gasteiger partial charge < -0.3 is 28.8 Å². The summed E-state index contributed by atoms with van der Waals surface area (Å²) in [6.45, 7) is 10.1. The van der Waals surface area contributed by atoms with Crippen molar-refractivity contribution in [2.75, 3.05) is 5.32 Å². The number of hydrogen-bond donors (Lipinski definition) is 2. The number of nitrogens with zero attached hydrogens (tertiary/aromatic N) is 1. The number of pyridine rings is 1. The van der Waals surface area contributed by atoms with Crippen molar-refractivity contribution >= 4 is 23.5 Å². The van der Waals surface area contributed by atoms with Crippen molar-refractivity contribution in [2.45, 2.75) is 67.0 Å². The van der Waals surface area contributed by atoms with Crippen LogP contribution >= 0.6 is 0 Å². The van der Waals surface area contributed by atoms with Gasteiger partial charge in [0, 0.05) is 18.8 Å². The Labute approximate surface area is 281 Å². The Hall–Kier alpha value is -5.33. The van der Waals surface area contributed by atoms with E-state index in [1.807, 2.05) is 32.9 Å². The summed E-state index contributed by atoms with van der Waals surface area (Å²) >= 11 is 0. The molecule has 0 bridgehead atoms. The van der Waals surface area contributed by atoms with Crippen LogP contribution in [0.2, 0.25) is 0 Å². The second kappa shape index (κ2) is 15.3. The SMILES string of the molecule is Cc1cc(C)c(-c2cc(F)c(F)c([C@H](CC(=O)OCc3oc(=O)oc3C)NC(=O)[C@H](CC(C)C)C(=O)Nc3cccn(C)c3=O)c2)c(C)c1. The summed E-state index contributed by atoms with van der Waals surface area (Å²) in [6.07, 6.45) is 0.843. The number of nitrogens with one attached hydrogen (secondary N) is 2. The highest BCUT2D eigenvalue weighted by atomic mass is 19.2. The quantitative estimate of drug-likeness (QED) is 0.143. The summed E-state index contributed by atoms with van der Waals surface area (Å²) in [7, 11) is 1.50. The second-order valence-corrected chi connectivity index (χ2v) is 12.5. The van der Waals surface area contributed by atoms with Crippen molar-refractivity contribution in [1.29, 1.82) is 0 Å². The normalized spacial score (nSPS) is 12.4. The predicted octanol–water partition coefficient (Wildman–Crippen LogP) is 5.70. The van der Waals surface area contributed by atoms with Crippen molar-refractivity contribution in [2.24, 2.45) is 18.9 Å². The van der Waals surface area contributed by atoms with Gasteiger partial charge in [0.25, 0.3) is 5.56 Å². The highest BCUT2D eigenvalue weighted by Crippen LogP contribution is 2.34. The molecule has 0 fully saturated rings. The van der Waals surface area contributed by atoms with Crippen LogP contribution in [0.4, 0.5) is 14.5 Å². The lowest BCUT2D eigenvalue weighted by Crippen LogP contribution is -2.42. The first-order valence-corrected chi connectivity index (χ1v) is 15.6. The van der Waals surface area contributed by atoms with Crippen LogP contribution in [0.15, 0.2) is 61.0 Å². The molecule has 2 heterocycles. The molecule has 2 amide bonds. The summed E-state index contributed by atoms with van der Waals surface area (Å²) in [5, 5.41) is 5.08. The van der Waals surface area contributed by atoms with Crippen molar-refractivity contribution in [3.05, 3.63) is 109 Å². The number of hydrogen-bond acceptors (Lipinski definition) is 8. The zero-order valence-corrected chi connectivity index (χ0v) is 28.4. The molecule has 260 valence electrons. The van der Waals surface area contributed by atoms with Crippen LogP contribution in [0.1, 0.15) is 66.5 Å². The Morgan fingerprint density at radius 3 is 2.24 bits per heavy atom. The maximum Gasteiger partial charge on any atom is 0.519 e. The predicted molar refractivity (Wildman–Crippen MR) is 177 cm³/mol. The largest absolute Gasteiger partial charge is 0.519 e. The number of carbonyl (C=O) groups excluding carboxylic acids is 3. The van der Waals surface area contributed by atoms with Crippen molar-refractivity contribution < 1.29 is 36.7 Å². The van der Waals surface area contributed by atoms with E-state index in [-0.39, 0.29) is 35.1 Å². The highest BCUT2D eigenvalue weighted by Gasteiger charge is 2.33. The Bertz CT molecular complexity index is 1990. The molecule has 0 aliphatic heterocycles. The average molecular weight is 680 g/mol. The first kappa shape index (κ1) is 36.5. The first-order chi connectivity index (χ1) is 23.0. The number of aryl methyl sites for hydroxylation is 5. The third kappa shape index (κ3) is 8.78. The maximum atomic E-state index is 15.7. The van der Waals surface area contributed by atoms with Crippen molar-refractivity contribution in [3.63, 3.8) is 0 Å². The molecule has 13 heteroatoms. The molecule has 0 aliphatic rings. The molecule has 2 N–H and O–H groups in total. The molecule has 0 radical (unpaired) electrons. The van der Waals surface area contributed by atoms with Gasteiger partial charge in [-0.3, -0.25) is 19.2 Å². The topological polar surface area (TPSA) is 150 Å². The van der Waals surface area contributed by atoms with Gasteiger partial charge in [-0.1, -0.05) is 31.5 Å². The molecule has 0 unspecified atom stereocenters. The fourth-order valence-electron chi connectivity index (χ4n) is 5.75. The number of esters is 1. The molecule has 0 spiro atoms. The zero-order chi connectivity index (χ0) is 36.2. The van der Waals surface area contributed by atoms with Crippen LogP contribution in [0, 0.1) is 51.2 Å². The van der Waals surface area contributed by atoms with E-state index < -0.39 is 65.8 Å². The van der Waals surface area contributed by atoms with E-state index in [4.69, 9.17) is 13.6 Å². The molecule has 4 aromatic rings. The van der Waals surface area contributed by atoms with Crippen LogP contribution in [0.3, 0.4) is 0 Å². The summed E-state index contributed by atoms with van der Waals surface area (Å²) in [4.78, 5) is 64.4. The summed E-state index contributed by atoms with van der Waals surface area (Å²) in [5.41, 5.74) is 2.61. The number of anilines is 1. The van der Waals surface area contributed by atoms with E-state index in [1.54, 1.807) is 19.9 Å². The van der Waals surface area contributed by atoms with E-state index in [2.05, 4.69) is 10.6 Å². The van der Waals surface area contributed by atoms with Crippen molar-refractivity contribution in [1.82, 2.24) is 9.88 Å². The number of ether oxygens (including phenoxy) is 1. The molecule has 4 rings (SSSR count). The van der Waals surface area contributed by atoms with Gasteiger partial charge in [-0.25, -0.2) is 13.6 Å². The minimum atomic E-state index is -1.51. The third-order valence-electron chi connectivity index (χ3n) is 8.01. The Morgan fingerprint density at radius 2 is 1.63 bits per heavy atom. The molecule has 0 saturated heterocycles. The number of rotatable bonds is 12. The second-order valence-electron chi connectivity index (χ2n) is 12.5. The van der Waals surface area contributed by atoms with Crippen LogP contribution in [0.5, 0.6) is 0 Å². The smallest absolute Gasteiger partial charge is 0.457 e. The van der Waals surface area contributed by atoms with Gasteiger partial charge in [0.2, 0.25) is 11.8 Å². The van der Waals surface area contributed by atoms with Gasteiger partial charge in [0.1, 0.15) is 11.6 Å². The Balaban J connectivity index is 1.73. The number of carbonyl (C=O) groups is 3. The molecule has 2 aromatic carbocycles. The fraction of sp³-hybridized carbons (Fsp3) is 0.361. The van der Waals surface area contributed by atoms with Gasteiger partial charge in [0.15, 0.2) is 29.8 Å². The number of benzene rings is 2. The molecule has 49 heavy (non-hydrogen) atoms. The van der Waals surface area contributed by atoms with Crippen LogP contribution in [-0.4, -0.2) is 22.4 Å². The summed E-state index contributed by atoms with van der Waals surface area (Å²) < 4.78 is 47.2. The van der Waals surface area contributed by atoms with Gasteiger partial charge in [-0.2, -0.15) is 0 Å². The van der Waals surface area contributed by atoms with Crippen LogP contribution < -0.4 is 22.0 Å². The monoisotopic (exact) mass is 679 g/mol. The van der Waals surface area contributed by atoms with E-state index in [9.17, 15) is 24.0 Å². The number of amides is 2. The van der Waals surface area contributed by atoms with Gasteiger partial charge in [-0.15, -0.1) is 0 Å². The maximum absolute atomic E-state index is 15.7. The number of aromatic nitrogens is 1. The van der Waals surface area contributed by atoms with Crippen LogP contribution in [0.25, 0.3) is 11.1 Å². The lowest BCUT2D eigenvalue weighted by Gasteiger charge is -2.24. The number of halogens is 2. The molecule has 11 nitrogen and oxygen atoms in total. The van der Waals surface area contributed by atoms with Crippen molar-refractivity contribution in [3.8, 4) is 11.1 Å². The van der Waals surface area contributed by atoms with E-state index in [0.717, 1.165) is 22.8 Å². The summed E-state index contributed by atoms with van der Waals surface area (Å²) in [5.74, 6) is -7.69. The Morgan fingerprint density at radius 1 is 0.959 bits per heavy atom. The average Bonchev–Trinajstić information content (AvgIpc) is 3.33. The molecule has 2 aromatic heterocycles. The standard InChI is InChI=1S/C36H39F2N3O8/c1-18(2)11-25(33(43)39-27-9-8-10-41(7)35(27)45)34(44)40-28(16-30(42)47-17-29-22(6)48-36(46)49-29)24-14-23(15-26(37)32(24)38)31-20(4)12-19(3)13-21(31)5/h8-10,12-15,18,25,28H,11,16-17H2,1-7H3,(H,39,43)(H,40,44)/t25-,28+/m1/s1. The van der Waals surface area contributed by atoms with E-state index in [0.29, 0.717) is 11.1 Å². The Kier molecular flexibility index (Phi) is 11.4. The minimum Gasteiger partial charge on any atom is -0.457 e. The van der Waals surface area contributed by atoms with E-state index >= 15 is 8.78 Å². The minimum absolute atomic E-state index is 0.0272.